The standard InChI is InChI=1S/C12H14F3N/c1-8(9-2-3-9)16-11-6-4-10(5-7-11)12(13,14)15/h4-9,16H,2-3H2,1H3. The summed E-state index contributed by atoms with van der Waals surface area (Å²) in [4.78, 5) is 0. The molecule has 0 heterocycles. The molecule has 88 valence electrons. The zero-order valence-corrected chi connectivity index (χ0v) is 9.01. The molecule has 1 aliphatic rings. The first-order valence-corrected chi connectivity index (χ1v) is 5.40. The monoisotopic (exact) mass is 229 g/mol. The van der Waals surface area contributed by atoms with Gasteiger partial charge in [0.1, 0.15) is 0 Å². The van der Waals surface area contributed by atoms with E-state index < -0.39 is 11.7 Å². The van der Waals surface area contributed by atoms with Crippen molar-refractivity contribution in [2.75, 3.05) is 5.32 Å². The molecule has 1 aromatic rings. The Morgan fingerprint density at radius 2 is 1.75 bits per heavy atom. The Kier molecular flexibility index (Phi) is 2.82. The van der Waals surface area contributed by atoms with Gasteiger partial charge in [0, 0.05) is 11.7 Å². The van der Waals surface area contributed by atoms with E-state index in [2.05, 4.69) is 12.2 Å². The Hall–Kier alpha value is -1.19. The van der Waals surface area contributed by atoms with E-state index in [1.54, 1.807) is 0 Å². The Morgan fingerprint density at radius 1 is 1.19 bits per heavy atom. The van der Waals surface area contributed by atoms with Gasteiger partial charge < -0.3 is 5.32 Å². The zero-order chi connectivity index (χ0) is 11.8. The van der Waals surface area contributed by atoms with Crippen LogP contribution in [0.25, 0.3) is 0 Å². The van der Waals surface area contributed by atoms with Crippen LogP contribution in [0.4, 0.5) is 18.9 Å². The zero-order valence-electron chi connectivity index (χ0n) is 9.01. The summed E-state index contributed by atoms with van der Waals surface area (Å²) in [5.74, 6) is 0.683. The molecule has 1 nitrogen and oxygen atoms in total. The lowest BCUT2D eigenvalue weighted by Gasteiger charge is -2.15. The Balaban J connectivity index is 2.01. The van der Waals surface area contributed by atoms with Crippen molar-refractivity contribution in [1.82, 2.24) is 0 Å². The van der Waals surface area contributed by atoms with Gasteiger partial charge in [0.25, 0.3) is 0 Å². The summed E-state index contributed by atoms with van der Waals surface area (Å²) in [6.07, 6.45) is -1.82. The van der Waals surface area contributed by atoms with Crippen LogP contribution in [-0.2, 0) is 6.18 Å². The number of rotatable bonds is 3. The predicted molar refractivity (Wildman–Crippen MR) is 57.3 cm³/mol. The van der Waals surface area contributed by atoms with Crippen molar-refractivity contribution in [2.45, 2.75) is 32.0 Å². The molecule has 0 amide bonds. The second-order valence-corrected chi connectivity index (χ2v) is 4.35. The molecule has 0 radical (unpaired) electrons. The summed E-state index contributed by atoms with van der Waals surface area (Å²) >= 11 is 0. The van der Waals surface area contributed by atoms with E-state index in [9.17, 15) is 13.2 Å². The van der Waals surface area contributed by atoms with Gasteiger partial charge in [-0.2, -0.15) is 13.2 Å². The van der Waals surface area contributed by atoms with Gasteiger partial charge in [-0.25, -0.2) is 0 Å². The molecule has 1 atom stereocenters. The topological polar surface area (TPSA) is 12.0 Å². The van der Waals surface area contributed by atoms with Crippen molar-refractivity contribution in [3.8, 4) is 0 Å². The van der Waals surface area contributed by atoms with Crippen LogP contribution in [0, 0.1) is 5.92 Å². The van der Waals surface area contributed by atoms with Crippen molar-refractivity contribution >= 4 is 5.69 Å². The number of alkyl halides is 3. The van der Waals surface area contributed by atoms with Gasteiger partial charge >= 0.3 is 6.18 Å². The second-order valence-electron chi connectivity index (χ2n) is 4.35. The summed E-state index contributed by atoms with van der Waals surface area (Å²) in [5.41, 5.74) is 0.157. The SMILES string of the molecule is CC(Nc1ccc(C(F)(F)F)cc1)C1CC1. The van der Waals surface area contributed by atoms with Crippen LogP contribution >= 0.6 is 0 Å². The van der Waals surface area contributed by atoms with Gasteiger partial charge in [0.05, 0.1) is 5.56 Å². The van der Waals surface area contributed by atoms with Gasteiger partial charge in [-0.15, -0.1) is 0 Å². The van der Waals surface area contributed by atoms with E-state index in [1.165, 1.54) is 25.0 Å². The molecular weight excluding hydrogens is 215 g/mol. The highest BCUT2D eigenvalue weighted by Gasteiger charge is 2.30. The highest BCUT2D eigenvalue weighted by atomic mass is 19.4. The van der Waals surface area contributed by atoms with E-state index >= 15 is 0 Å². The van der Waals surface area contributed by atoms with Crippen LogP contribution < -0.4 is 5.32 Å². The lowest BCUT2D eigenvalue weighted by molar-refractivity contribution is -0.137. The predicted octanol–water partition coefficient (Wildman–Crippen LogP) is 3.92. The van der Waals surface area contributed by atoms with Crippen molar-refractivity contribution < 1.29 is 13.2 Å². The Morgan fingerprint density at radius 3 is 2.19 bits per heavy atom. The molecule has 4 heteroatoms. The third-order valence-electron chi connectivity index (χ3n) is 2.94. The molecule has 0 saturated heterocycles. The lowest BCUT2D eigenvalue weighted by atomic mass is 10.1. The van der Waals surface area contributed by atoms with Gasteiger partial charge in [-0.05, 0) is 49.9 Å². The maximum Gasteiger partial charge on any atom is 0.416 e. The first-order valence-electron chi connectivity index (χ1n) is 5.40. The number of halogens is 3. The highest BCUT2D eigenvalue weighted by molar-refractivity contribution is 5.46. The molecule has 0 aromatic heterocycles. The number of anilines is 1. The summed E-state index contributed by atoms with van der Waals surface area (Å²) < 4.78 is 36.9. The minimum Gasteiger partial charge on any atom is -0.382 e. The molecule has 2 rings (SSSR count). The first-order chi connectivity index (χ1) is 7.47. The van der Waals surface area contributed by atoms with E-state index in [4.69, 9.17) is 0 Å². The van der Waals surface area contributed by atoms with Crippen LogP contribution in [0.15, 0.2) is 24.3 Å². The number of hydrogen-bond donors (Lipinski definition) is 1. The number of benzene rings is 1. The van der Waals surface area contributed by atoms with Crippen LogP contribution in [-0.4, -0.2) is 6.04 Å². The third-order valence-corrected chi connectivity index (χ3v) is 2.94. The second kappa shape index (κ2) is 4.00. The van der Waals surface area contributed by atoms with Gasteiger partial charge in [-0.1, -0.05) is 0 Å². The van der Waals surface area contributed by atoms with Crippen LogP contribution in [0.2, 0.25) is 0 Å². The minimum atomic E-state index is -4.25. The Labute approximate surface area is 92.7 Å². The molecule has 1 aliphatic carbocycles. The lowest BCUT2D eigenvalue weighted by Crippen LogP contribution is -2.17. The van der Waals surface area contributed by atoms with Crippen LogP contribution in [0.1, 0.15) is 25.3 Å². The normalized spacial score (nSPS) is 18.2. The molecule has 0 spiro atoms. The van der Waals surface area contributed by atoms with Crippen molar-refractivity contribution in [3.63, 3.8) is 0 Å². The smallest absolute Gasteiger partial charge is 0.382 e. The van der Waals surface area contributed by atoms with E-state index in [-0.39, 0.29) is 0 Å². The van der Waals surface area contributed by atoms with E-state index in [1.807, 2.05) is 0 Å². The van der Waals surface area contributed by atoms with Crippen molar-refractivity contribution in [1.29, 1.82) is 0 Å². The average Bonchev–Trinajstić information content (AvgIpc) is 3.00. The molecule has 0 aliphatic heterocycles. The molecule has 0 bridgehead atoms. The van der Waals surface area contributed by atoms with Gasteiger partial charge in [0.15, 0.2) is 0 Å². The molecule has 1 aromatic carbocycles. The third kappa shape index (κ3) is 2.68. The fourth-order valence-electron chi connectivity index (χ4n) is 1.73. The molecule has 16 heavy (non-hydrogen) atoms. The fourth-order valence-corrected chi connectivity index (χ4v) is 1.73. The summed E-state index contributed by atoms with van der Waals surface area (Å²) in [6, 6.07) is 5.55. The quantitative estimate of drug-likeness (QED) is 0.828. The van der Waals surface area contributed by atoms with E-state index in [0.29, 0.717) is 12.0 Å². The molecule has 1 fully saturated rings. The number of nitrogens with one attached hydrogen (secondary N) is 1. The van der Waals surface area contributed by atoms with Crippen molar-refractivity contribution in [2.24, 2.45) is 5.92 Å². The maximum absolute atomic E-state index is 12.3. The van der Waals surface area contributed by atoms with E-state index in [0.717, 1.165) is 17.8 Å². The molecular formula is C12H14F3N. The van der Waals surface area contributed by atoms with Crippen LogP contribution in [0.5, 0.6) is 0 Å². The van der Waals surface area contributed by atoms with Crippen molar-refractivity contribution in [3.05, 3.63) is 29.8 Å². The highest BCUT2D eigenvalue weighted by Crippen LogP contribution is 2.34. The fraction of sp³-hybridized carbons (Fsp3) is 0.500. The van der Waals surface area contributed by atoms with Gasteiger partial charge in [-0.3, -0.25) is 0 Å². The summed E-state index contributed by atoms with van der Waals surface area (Å²) in [7, 11) is 0. The summed E-state index contributed by atoms with van der Waals surface area (Å²) in [6.45, 7) is 2.06. The first kappa shape index (κ1) is 11.3. The average molecular weight is 229 g/mol. The molecule has 1 unspecified atom stereocenters. The minimum absolute atomic E-state index is 0.344. The number of hydrogen-bond acceptors (Lipinski definition) is 1. The largest absolute Gasteiger partial charge is 0.416 e. The maximum atomic E-state index is 12.3. The van der Waals surface area contributed by atoms with Crippen LogP contribution in [0.3, 0.4) is 0 Å². The molecule has 1 saturated carbocycles. The summed E-state index contributed by atoms with van der Waals surface area (Å²) in [5, 5.41) is 3.22. The molecule has 1 N–H and O–H groups in total. The van der Waals surface area contributed by atoms with Gasteiger partial charge in [0.2, 0.25) is 0 Å². The Bertz CT molecular complexity index is 352.